The predicted molar refractivity (Wildman–Crippen MR) is 97.6 cm³/mol. The number of benzene rings is 1. The smallest absolute Gasteiger partial charge is 0.274 e. The number of hydrogen-bond acceptors (Lipinski definition) is 6. The first-order valence-corrected chi connectivity index (χ1v) is 9.34. The lowest BCUT2D eigenvalue weighted by molar-refractivity contribution is 0.0532. The van der Waals surface area contributed by atoms with Crippen LogP contribution in [-0.2, 0) is 11.3 Å². The molecule has 1 aliphatic rings. The molecule has 1 N–H and O–H groups in total. The molecular formula is C17H18N5O4S-. The standard InChI is InChI=1S/C17H19N5O4S/c1-12-10-13(2-3-14(12)20-27(25)26)16(23)21-6-8-22(9-7-21)17(24)15-11-18-4-5-19-15/h2-5,10-11,20H,6-9H2,1H3,(H,25,26)/p-1. The molecule has 1 aromatic heterocycles. The molecule has 1 aliphatic heterocycles. The lowest BCUT2D eigenvalue weighted by Gasteiger charge is -2.34. The fourth-order valence-corrected chi connectivity index (χ4v) is 3.28. The van der Waals surface area contributed by atoms with Crippen LogP contribution in [0.25, 0.3) is 0 Å². The number of hydrogen-bond donors (Lipinski definition) is 1. The van der Waals surface area contributed by atoms with Crippen LogP contribution in [0.15, 0.2) is 36.8 Å². The molecule has 0 spiro atoms. The summed E-state index contributed by atoms with van der Waals surface area (Å²) in [4.78, 5) is 36.3. The average molecular weight is 388 g/mol. The molecule has 1 unspecified atom stereocenters. The Bertz CT molecular complexity index is 869. The molecule has 1 fully saturated rings. The van der Waals surface area contributed by atoms with Gasteiger partial charge < -0.3 is 19.1 Å². The number of nitrogens with zero attached hydrogens (tertiary/aromatic N) is 4. The van der Waals surface area contributed by atoms with E-state index in [0.717, 1.165) is 0 Å². The quantitative estimate of drug-likeness (QED) is 0.766. The van der Waals surface area contributed by atoms with Crippen molar-refractivity contribution >= 4 is 28.8 Å². The lowest BCUT2D eigenvalue weighted by Crippen LogP contribution is -2.50. The van der Waals surface area contributed by atoms with Crippen molar-refractivity contribution in [3.63, 3.8) is 0 Å². The summed E-state index contributed by atoms with van der Waals surface area (Å²) in [6, 6.07) is 4.79. The van der Waals surface area contributed by atoms with E-state index in [1.165, 1.54) is 18.6 Å². The van der Waals surface area contributed by atoms with Gasteiger partial charge >= 0.3 is 0 Å². The second-order valence-electron chi connectivity index (χ2n) is 6.04. The molecule has 1 atom stereocenters. The average Bonchev–Trinajstić information content (AvgIpc) is 2.69. The van der Waals surface area contributed by atoms with Crippen molar-refractivity contribution < 1.29 is 18.4 Å². The van der Waals surface area contributed by atoms with E-state index < -0.39 is 11.3 Å². The molecule has 0 radical (unpaired) electrons. The zero-order valence-electron chi connectivity index (χ0n) is 14.6. The van der Waals surface area contributed by atoms with Gasteiger partial charge in [-0.05, 0) is 30.7 Å². The van der Waals surface area contributed by atoms with E-state index in [-0.39, 0.29) is 17.5 Å². The van der Waals surface area contributed by atoms with Crippen LogP contribution in [0.3, 0.4) is 0 Å². The first-order valence-electron chi connectivity index (χ1n) is 8.27. The molecule has 27 heavy (non-hydrogen) atoms. The predicted octanol–water partition coefficient (Wildman–Crippen LogP) is 0.589. The van der Waals surface area contributed by atoms with Crippen LogP contribution in [0.1, 0.15) is 26.4 Å². The Balaban J connectivity index is 1.62. The first-order chi connectivity index (χ1) is 13.0. The van der Waals surface area contributed by atoms with E-state index in [1.54, 1.807) is 34.9 Å². The van der Waals surface area contributed by atoms with Crippen LogP contribution >= 0.6 is 0 Å². The van der Waals surface area contributed by atoms with Crippen molar-refractivity contribution in [2.45, 2.75) is 6.92 Å². The molecule has 3 rings (SSSR count). The van der Waals surface area contributed by atoms with Crippen molar-refractivity contribution in [2.75, 3.05) is 30.9 Å². The van der Waals surface area contributed by atoms with Crippen molar-refractivity contribution in [1.29, 1.82) is 0 Å². The summed E-state index contributed by atoms with van der Waals surface area (Å²) in [5.74, 6) is -0.355. The number of nitrogens with one attached hydrogen (secondary N) is 1. The van der Waals surface area contributed by atoms with Gasteiger partial charge in [-0.15, -0.1) is 0 Å². The highest BCUT2D eigenvalue weighted by Gasteiger charge is 2.26. The van der Waals surface area contributed by atoms with Crippen LogP contribution in [-0.4, -0.2) is 66.5 Å². The molecule has 9 nitrogen and oxygen atoms in total. The number of aryl methyl sites for hydroxylation is 1. The fourth-order valence-electron chi connectivity index (χ4n) is 2.87. The van der Waals surface area contributed by atoms with Gasteiger partial charge in [-0.1, -0.05) is 0 Å². The summed E-state index contributed by atoms with van der Waals surface area (Å²) in [6.07, 6.45) is 4.40. The van der Waals surface area contributed by atoms with Crippen LogP contribution in [0, 0.1) is 6.92 Å². The Morgan fingerprint density at radius 1 is 1.11 bits per heavy atom. The Hall–Kier alpha value is -2.85. The van der Waals surface area contributed by atoms with E-state index in [9.17, 15) is 18.4 Å². The van der Waals surface area contributed by atoms with Crippen LogP contribution in [0.4, 0.5) is 5.69 Å². The zero-order chi connectivity index (χ0) is 19.4. The number of aromatic nitrogens is 2. The topological polar surface area (TPSA) is 119 Å². The number of carbonyl (C=O) groups excluding carboxylic acids is 2. The van der Waals surface area contributed by atoms with Gasteiger partial charge in [-0.25, -0.2) is 4.98 Å². The third-order valence-electron chi connectivity index (χ3n) is 4.30. The van der Waals surface area contributed by atoms with Gasteiger partial charge in [0, 0.05) is 61.1 Å². The minimum absolute atomic E-state index is 0.153. The summed E-state index contributed by atoms with van der Waals surface area (Å²) < 4.78 is 23.8. The molecule has 2 aromatic rings. The second kappa shape index (κ2) is 8.23. The van der Waals surface area contributed by atoms with Gasteiger partial charge in [0.15, 0.2) is 0 Å². The van der Waals surface area contributed by atoms with E-state index >= 15 is 0 Å². The summed E-state index contributed by atoms with van der Waals surface area (Å²) >= 11 is -2.42. The second-order valence-corrected chi connectivity index (χ2v) is 6.72. The van der Waals surface area contributed by atoms with E-state index in [4.69, 9.17) is 0 Å². The van der Waals surface area contributed by atoms with Crippen molar-refractivity contribution in [3.8, 4) is 0 Å². The van der Waals surface area contributed by atoms with Gasteiger partial charge in [-0.2, -0.15) is 0 Å². The Labute approximate surface area is 158 Å². The third-order valence-corrected chi connectivity index (χ3v) is 4.69. The van der Waals surface area contributed by atoms with Crippen LogP contribution < -0.4 is 4.72 Å². The Kier molecular flexibility index (Phi) is 5.77. The van der Waals surface area contributed by atoms with Crippen LogP contribution in [0.5, 0.6) is 0 Å². The largest absolute Gasteiger partial charge is 0.755 e. The molecule has 0 saturated carbocycles. The number of rotatable bonds is 4. The molecule has 10 heteroatoms. The van der Waals surface area contributed by atoms with Gasteiger partial charge in [0.05, 0.1) is 6.20 Å². The molecule has 2 heterocycles. The van der Waals surface area contributed by atoms with Crippen molar-refractivity contribution in [1.82, 2.24) is 19.8 Å². The summed E-state index contributed by atoms with van der Waals surface area (Å²) in [6.45, 7) is 3.37. The molecule has 0 bridgehead atoms. The van der Waals surface area contributed by atoms with E-state index in [0.29, 0.717) is 43.0 Å². The molecule has 2 amide bonds. The highest BCUT2D eigenvalue weighted by atomic mass is 32.2. The van der Waals surface area contributed by atoms with E-state index in [2.05, 4.69) is 14.7 Å². The SMILES string of the molecule is Cc1cc(C(=O)N2CCN(C(=O)c3cnccn3)CC2)ccc1NS(=O)[O-]. The van der Waals surface area contributed by atoms with Crippen LogP contribution in [0.2, 0.25) is 0 Å². The van der Waals surface area contributed by atoms with Gasteiger partial charge in [0.1, 0.15) is 5.69 Å². The van der Waals surface area contributed by atoms with Gasteiger partial charge in [0.2, 0.25) is 0 Å². The first kappa shape index (κ1) is 18.9. The van der Waals surface area contributed by atoms with Crippen molar-refractivity contribution in [2.24, 2.45) is 0 Å². The minimum atomic E-state index is -2.42. The molecule has 142 valence electrons. The number of piperazine rings is 1. The van der Waals surface area contributed by atoms with E-state index in [1.807, 2.05) is 0 Å². The van der Waals surface area contributed by atoms with Gasteiger partial charge in [-0.3, -0.25) is 18.8 Å². The molecule has 1 aromatic carbocycles. The maximum Gasteiger partial charge on any atom is 0.274 e. The third kappa shape index (κ3) is 4.47. The maximum absolute atomic E-state index is 12.7. The summed E-state index contributed by atoms with van der Waals surface area (Å²) in [5, 5.41) is 0. The Morgan fingerprint density at radius 2 is 1.78 bits per heavy atom. The highest BCUT2D eigenvalue weighted by Crippen LogP contribution is 2.19. The zero-order valence-corrected chi connectivity index (χ0v) is 15.4. The fraction of sp³-hybridized carbons (Fsp3) is 0.294. The van der Waals surface area contributed by atoms with Crippen molar-refractivity contribution in [3.05, 3.63) is 53.6 Å². The molecule has 0 aliphatic carbocycles. The minimum Gasteiger partial charge on any atom is -0.755 e. The Morgan fingerprint density at radius 3 is 2.33 bits per heavy atom. The summed E-state index contributed by atoms with van der Waals surface area (Å²) in [7, 11) is 0. The lowest BCUT2D eigenvalue weighted by atomic mass is 10.1. The normalized spacial score (nSPS) is 15.3. The molecular weight excluding hydrogens is 370 g/mol. The summed E-state index contributed by atoms with van der Waals surface area (Å²) in [5.41, 5.74) is 1.84. The number of amides is 2. The van der Waals surface area contributed by atoms with Gasteiger partial charge in [0.25, 0.3) is 11.8 Å². The number of carbonyl (C=O) groups is 2. The molecule has 1 saturated heterocycles. The maximum atomic E-state index is 12.7. The monoisotopic (exact) mass is 388 g/mol. The number of anilines is 1. The highest BCUT2D eigenvalue weighted by molar-refractivity contribution is 7.80.